The number of nitriles is 1. The van der Waals surface area contributed by atoms with Crippen LogP contribution in [0.3, 0.4) is 0 Å². The molecular weight excluding hydrogens is 460 g/mol. The summed E-state index contributed by atoms with van der Waals surface area (Å²) in [5.41, 5.74) is -0.991. The highest BCUT2D eigenvalue weighted by Crippen LogP contribution is 2.65. The molecule has 3 fully saturated rings. The highest BCUT2D eigenvalue weighted by Gasteiger charge is 2.69. The molecule has 0 aromatic rings. The predicted molar refractivity (Wildman–Crippen MR) is 123 cm³/mol. The Morgan fingerprint density at radius 1 is 1.34 bits per heavy atom. The first-order chi connectivity index (χ1) is 16.2. The van der Waals surface area contributed by atoms with Gasteiger partial charge in [0, 0.05) is 19.0 Å². The summed E-state index contributed by atoms with van der Waals surface area (Å²) in [6.07, 6.45) is -2.82. The third kappa shape index (κ3) is 5.59. The molecule has 0 bridgehead atoms. The van der Waals surface area contributed by atoms with E-state index in [0.29, 0.717) is 19.5 Å². The second kappa shape index (κ2) is 9.97. The van der Waals surface area contributed by atoms with E-state index < -0.39 is 48.0 Å². The molecule has 1 aliphatic carbocycles. The van der Waals surface area contributed by atoms with Crippen molar-refractivity contribution in [3.05, 3.63) is 0 Å². The van der Waals surface area contributed by atoms with Crippen LogP contribution in [0.4, 0.5) is 8.78 Å². The number of carbonyl (C=O) groups is 3. The molecule has 7 atom stereocenters. The number of likely N-dealkylation sites (tertiary alicyclic amines) is 1. The number of rotatable bonds is 8. The van der Waals surface area contributed by atoms with E-state index in [2.05, 4.69) is 22.0 Å². The summed E-state index contributed by atoms with van der Waals surface area (Å²) in [6.45, 7) is 10.0. The van der Waals surface area contributed by atoms with Gasteiger partial charge in [0.15, 0.2) is 0 Å². The summed E-state index contributed by atoms with van der Waals surface area (Å²) in [5.74, 6) is -2.47. The zero-order valence-electron chi connectivity index (χ0n) is 21.0. The van der Waals surface area contributed by atoms with Gasteiger partial charge < -0.3 is 20.6 Å². The maximum Gasteiger partial charge on any atom is 0.315 e. The molecule has 11 heteroatoms. The minimum atomic E-state index is -3.25. The lowest BCUT2D eigenvalue weighted by atomic mass is 9.85. The van der Waals surface area contributed by atoms with Gasteiger partial charge in [-0.2, -0.15) is 14.0 Å². The minimum absolute atomic E-state index is 0.0577. The molecule has 3 rings (SSSR count). The average Bonchev–Trinajstić information content (AvgIpc) is 3.10. The van der Waals surface area contributed by atoms with Gasteiger partial charge in [0.25, 0.3) is 5.91 Å². The Labute approximate surface area is 205 Å². The number of aliphatic hydroxyl groups is 1. The molecule has 2 heterocycles. The Morgan fingerprint density at radius 2 is 2.00 bits per heavy atom. The fraction of sp³-hybridized carbons (Fsp3) is 0.833. The van der Waals surface area contributed by atoms with Gasteiger partial charge >= 0.3 is 6.43 Å². The largest absolute Gasteiger partial charge is 0.376 e. The molecule has 0 radical (unpaired) electrons. The number of aliphatic hydroxyl groups excluding tert-OH is 1. The topological polar surface area (TPSA) is 135 Å². The zero-order chi connectivity index (χ0) is 26.3. The number of fused-ring (bicyclic) bond motifs is 1. The minimum Gasteiger partial charge on any atom is -0.376 e. The number of halogens is 2. The first-order valence-corrected chi connectivity index (χ1v) is 12.2. The van der Waals surface area contributed by atoms with Crippen LogP contribution in [-0.4, -0.2) is 71.6 Å². The Bertz CT molecular complexity index is 884. The summed E-state index contributed by atoms with van der Waals surface area (Å²) in [5, 5.41) is 28.7. The van der Waals surface area contributed by atoms with Gasteiger partial charge in [-0.3, -0.25) is 19.7 Å². The highest BCUT2D eigenvalue weighted by molar-refractivity contribution is 5.90. The van der Waals surface area contributed by atoms with Crippen molar-refractivity contribution in [3.63, 3.8) is 0 Å². The molecule has 35 heavy (non-hydrogen) atoms. The molecular formula is C24H37F2N5O4. The lowest BCUT2D eigenvalue weighted by Crippen LogP contribution is -2.61. The molecule has 0 aromatic heterocycles. The first-order valence-electron chi connectivity index (χ1n) is 12.2. The number of hydrogen-bond acceptors (Lipinski definition) is 6. The third-order valence-electron chi connectivity index (χ3n) is 7.91. The normalized spacial score (nSPS) is 30.1. The molecule has 3 aliphatic rings. The standard InChI is InChI=1S/C24H37F2N5O4/c1-23(2,3)17(30-21(34)18(25)26)22(35)31-11-14-15(24(14,4)5)16(31)20(33)29-13(10-27)9-12-7-6-8-28-19(12)32/h12-18,20,29,33H,6-9,11H2,1-5H3,(H,28,32)(H,30,34)/t12-,13-,14-,15-,16-,17+,20?/m0/s1. The van der Waals surface area contributed by atoms with Crippen LogP contribution < -0.4 is 16.0 Å². The smallest absolute Gasteiger partial charge is 0.315 e. The monoisotopic (exact) mass is 497 g/mol. The van der Waals surface area contributed by atoms with E-state index >= 15 is 0 Å². The molecule has 0 spiro atoms. The van der Waals surface area contributed by atoms with E-state index in [0.717, 1.165) is 6.42 Å². The van der Waals surface area contributed by atoms with E-state index in [1.807, 2.05) is 13.8 Å². The van der Waals surface area contributed by atoms with Crippen molar-refractivity contribution in [3.8, 4) is 6.07 Å². The number of hydrogen-bond donors (Lipinski definition) is 4. The van der Waals surface area contributed by atoms with E-state index in [1.54, 1.807) is 20.8 Å². The molecule has 2 aliphatic heterocycles. The van der Waals surface area contributed by atoms with Gasteiger partial charge in [0.1, 0.15) is 12.3 Å². The highest BCUT2D eigenvalue weighted by atomic mass is 19.3. The predicted octanol–water partition coefficient (Wildman–Crippen LogP) is 0.982. The maximum absolute atomic E-state index is 13.6. The molecule has 9 nitrogen and oxygen atoms in total. The summed E-state index contributed by atoms with van der Waals surface area (Å²) < 4.78 is 25.9. The number of nitrogens with zero attached hydrogens (tertiary/aromatic N) is 2. The number of alkyl halides is 2. The lowest BCUT2D eigenvalue weighted by molar-refractivity contribution is -0.146. The Hall–Kier alpha value is -2.32. The van der Waals surface area contributed by atoms with Gasteiger partial charge in [-0.05, 0) is 41.9 Å². The molecule has 3 amide bonds. The van der Waals surface area contributed by atoms with E-state index in [9.17, 15) is 33.5 Å². The Kier molecular flexibility index (Phi) is 7.77. The lowest BCUT2D eigenvalue weighted by Gasteiger charge is -2.40. The number of nitrogens with one attached hydrogen (secondary N) is 3. The fourth-order valence-corrected chi connectivity index (χ4v) is 5.77. The molecule has 2 saturated heterocycles. The van der Waals surface area contributed by atoms with Crippen LogP contribution in [0, 0.1) is 39.9 Å². The van der Waals surface area contributed by atoms with Crippen molar-refractivity contribution in [2.45, 2.75) is 84.7 Å². The SMILES string of the molecule is CC(C)(C)[C@H](NC(=O)C(F)F)C(=O)N1C[C@H]2[C@@H]([C@H]1C(O)N[C@H](C#N)C[C@@H]1CCCNC1=O)C2(C)C. The first kappa shape index (κ1) is 27.3. The van der Waals surface area contributed by atoms with Gasteiger partial charge in [-0.25, -0.2) is 0 Å². The summed E-state index contributed by atoms with van der Waals surface area (Å²) in [7, 11) is 0. The molecule has 4 N–H and O–H groups in total. The van der Waals surface area contributed by atoms with Crippen molar-refractivity contribution in [2.75, 3.05) is 13.1 Å². The maximum atomic E-state index is 13.6. The van der Waals surface area contributed by atoms with Crippen LogP contribution in [0.5, 0.6) is 0 Å². The average molecular weight is 498 g/mol. The van der Waals surface area contributed by atoms with Crippen LogP contribution in [0.2, 0.25) is 0 Å². The van der Waals surface area contributed by atoms with Gasteiger partial charge in [0.05, 0.1) is 18.2 Å². The van der Waals surface area contributed by atoms with Crippen molar-refractivity contribution >= 4 is 17.7 Å². The molecule has 196 valence electrons. The van der Waals surface area contributed by atoms with E-state index in [-0.39, 0.29) is 35.5 Å². The van der Waals surface area contributed by atoms with Crippen LogP contribution in [0.15, 0.2) is 0 Å². The Balaban J connectivity index is 1.78. The van der Waals surface area contributed by atoms with Gasteiger partial charge in [0.2, 0.25) is 11.8 Å². The van der Waals surface area contributed by atoms with Crippen molar-refractivity contribution in [1.29, 1.82) is 5.26 Å². The zero-order valence-corrected chi connectivity index (χ0v) is 21.0. The second-order valence-corrected chi connectivity index (χ2v) is 11.7. The van der Waals surface area contributed by atoms with Crippen LogP contribution in [-0.2, 0) is 14.4 Å². The van der Waals surface area contributed by atoms with Crippen LogP contribution in [0.1, 0.15) is 53.9 Å². The summed E-state index contributed by atoms with van der Waals surface area (Å²) in [6, 6.07) is -0.616. The third-order valence-corrected chi connectivity index (χ3v) is 7.91. The number of amides is 3. The number of carbonyl (C=O) groups excluding carboxylic acids is 3. The van der Waals surface area contributed by atoms with Crippen molar-refractivity contribution in [1.82, 2.24) is 20.9 Å². The van der Waals surface area contributed by atoms with Gasteiger partial charge in [-0.1, -0.05) is 34.6 Å². The quantitative estimate of drug-likeness (QED) is 0.370. The van der Waals surface area contributed by atoms with Crippen LogP contribution >= 0.6 is 0 Å². The molecule has 1 saturated carbocycles. The van der Waals surface area contributed by atoms with Crippen molar-refractivity contribution < 1.29 is 28.3 Å². The van der Waals surface area contributed by atoms with E-state index in [4.69, 9.17) is 0 Å². The van der Waals surface area contributed by atoms with Gasteiger partial charge in [-0.15, -0.1) is 0 Å². The summed E-state index contributed by atoms with van der Waals surface area (Å²) >= 11 is 0. The van der Waals surface area contributed by atoms with E-state index in [1.165, 1.54) is 4.90 Å². The number of piperidine rings is 2. The summed E-state index contributed by atoms with van der Waals surface area (Å²) in [4.78, 5) is 38.9. The fourth-order valence-electron chi connectivity index (χ4n) is 5.77. The molecule has 1 unspecified atom stereocenters. The molecule has 0 aromatic carbocycles. The van der Waals surface area contributed by atoms with Crippen LogP contribution in [0.25, 0.3) is 0 Å². The Morgan fingerprint density at radius 3 is 2.54 bits per heavy atom. The second-order valence-electron chi connectivity index (χ2n) is 11.7. The van der Waals surface area contributed by atoms with Crippen molar-refractivity contribution in [2.24, 2.45) is 28.6 Å².